The van der Waals surface area contributed by atoms with Crippen LogP contribution >= 0.6 is 11.6 Å². The van der Waals surface area contributed by atoms with Gasteiger partial charge in [0.05, 0.1) is 22.1 Å². The molecule has 0 radical (unpaired) electrons. The average molecular weight is 221 g/mol. The molecule has 0 aliphatic rings. The lowest BCUT2D eigenvalue weighted by atomic mass is 10.2. The first-order valence-electron chi connectivity index (χ1n) is 4.60. The van der Waals surface area contributed by atoms with E-state index in [4.69, 9.17) is 11.6 Å². The van der Waals surface area contributed by atoms with Crippen molar-refractivity contribution in [3.8, 4) is 0 Å². The van der Waals surface area contributed by atoms with Crippen LogP contribution in [-0.2, 0) is 0 Å². The summed E-state index contributed by atoms with van der Waals surface area (Å²) in [6.45, 7) is 7.33. The molecule has 1 aromatic heterocycles. The summed E-state index contributed by atoms with van der Waals surface area (Å²) >= 11 is 5.88. The van der Waals surface area contributed by atoms with Crippen molar-refractivity contribution in [2.75, 3.05) is 0 Å². The summed E-state index contributed by atoms with van der Waals surface area (Å²) in [6, 6.07) is 5.71. The number of allylic oxidation sites excluding steroid dienone is 3. The number of aromatic nitrogens is 1. The Kier molecular flexibility index (Phi) is 4.25. The first-order valence-corrected chi connectivity index (χ1v) is 4.98. The SMILES string of the molecule is C=C/C(Cl)=C(\C)N=C(C)c1ccccn1. The summed E-state index contributed by atoms with van der Waals surface area (Å²) in [5, 5.41) is 0.560. The maximum absolute atomic E-state index is 5.88. The van der Waals surface area contributed by atoms with Crippen molar-refractivity contribution in [3.05, 3.63) is 53.5 Å². The van der Waals surface area contributed by atoms with Gasteiger partial charge in [-0.2, -0.15) is 0 Å². The fourth-order valence-corrected chi connectivity index (χ4v) is 1.13. The lowest BCUT2D eigenvalue weighted by Crippen LogP contribution is -1.97. The third kappa shape index (κ3) is 3.33. The van der Waals surface area contributed by atoms with E-state index < -0.39 is 0 Å². The largest absolute Gasteiger partial charge is 0.255 e. The van der Waals surface area contributed by atoms with Gasteiger partial charge in [0.1, 0.15) is 0 Å². The molecule has 0 saturated carbocycles. The van der Waals surface area contributed by atoms with Gasteiger partial charge < -0.3 is 0 Å². The van der Waals surface area contributed by atoms with Crippen molar-refractivity contribution in [2.45, 2.75) is 13.8 Å². The summed E-state index contributed by atoms with van der Waals surface area (Å²) in [4.78, 5) is 8.54. The average Bonchev–Trinajstić information content (AvgIpc) is 2.29. The molecule has 3 heteroatoms. The second-order valence-electron chi connectivity index (χ2n) is 3.05. The zero-order chi connectivity index (χ0) is 11.3. The number of halogens is 1. The fraction of sp³-hybridized carbons (Fsp3) is 0.167. The van der Waals surface area contributed by atoms with Crippen LogP contribution < -0.4 is 0 Å². The molecule has 2 nitrogen and oxygen atoms in total. The van der Waals surface area contributed by atoms with Crippen LogP contribution in [0.4, 0.5) is 0 Å². The molecule has 0 unspecified atom stereocenters. The van der Waals surface area contributed by atoms with Crippen LogP contribution in [0.3, 0.4) is 0 Å². The highest BCUT2D eigenvalue weighted by molar-refractivity contribution is 6.31. The van der Waals surface area contributed by atoms with Crippen molar-refractivity contribution in [2.24, 2.45) is 4.99 Å². The summed E-state index contributed by atoms with van der Waals surface area (Å²) in [7, 11) is 0. The second-order valence-corrected chi connectivity index (χ2v) is 3.46. The monoisotopic (exact) mass is 220 g/mol. The Morgan fingerprint density at radius 3 is 2.73 bits per heavy atom. The lowest BCUT2D eigenvalue weighted by molar-refractivity contribution is 1.24. The van der Waals surface area contributed by atoms with Crippen molar-refractivity contribution in [1.29, 1.82) is 0 Å². The van der Waals surface area contributed by atoms with E-state index >= 15 is 0 Å². The molecule has 0 aliphatic carbocycles. The predicted octanol–water partition coefficient (Wildman–Crippen LogP) is 3.55. The van der Waals surface area contributed by atoms with Crippen molar-refractivity contribution < 1.29 is 0 Å². The number of aliphatic imine (C=N–C) groups is 1. The molecule has 0 atom stereocenters. The van der Waals surface area contributed by atoms with E-state index in [2.05, 4.69) is 16.6 Å². The summed E-state index contributed by atoms with van der Waals surface area (Å²) in [5.74, 6) is 0. The van der Waals surface area contributed by atoms with E-state index in [9.17, 15) is 0 Å². The predicted molar refractivity (Wildman–Crippen MR) is 65.2 cm³/mol. The molecular formula is C12H13ClN2. The number of pyridine rings is 1. The van der Waals surface area contributed by atoms with E-state index in [0.717, 1.165) is 17.1 Å². The zero-order valence-corrected chi connectivity index (χ0v) is 9.62. The summed E-state index contributed by atoms with van der Waals surface area (Å²) < 4.78 is 0. The standard InChI is InChI=1S/C12H13ClN2/c1-4-11(13)9(2)15-10(3)12-7-5-6-8-14-12/h4-8H,1H2,2-3H3/b11-9-,15-10?. The van der Waals surface area contributed by atoms with Gasteiger partial charge in [-0.1, -0.05) is 24.2 Å². The van der Waals surface area contributed by atoms with Crippen molar-refractivity contribution in [3.63, 3.8) is 0 Å². The van der Waals surface area contributed by atoms with E-state index in [1.165, 1.54) is 0 Å². The van der Waals surface area contributed by atoms with Gasteiger partial charge >= 0.3 is 0 Å². The topological polar surface area (TPSA) is 25.2 Å². The number of nitrogens with zero attached hydrogens (tertiary/aromatic N) is 2. The van der Waals surface area contributed by atoms with Gasteiger partial charge in [-0.3, -0.25) is 9.98 Å². The third-order valence-corrected chi connectivity index (χ3v) is 2.32. The highest BCUT2D eigenvalue weighted by Gasteiger charge is 1.99. The van der Waals surface area contributed by atoms with Gasteiger partial charge in [0, 0.05) is 6.20 Å². The molecule has 0 spiro atoms. The molecule has 0 fully saturated rings. The van der Waals surface area contributed by atoms with E-state index in [-0.39, 0.29) is 0 Å². The molecule has 0 saturated heterocycles. The van der Waals surface area contributed by atoms with Crippen LogP contribution in [0.5, 0.6) is 0 Å². The molecule has 1 rings (SSSR count). The summed E-state index contributed by atoms with van der Waals surface area (Å²) in [6.07, 6.45) is 3.31. The molecular weight excluding hydrogens is 208 g/mol. The van der Waals surface area contributed by atoms with Crippen LogP contribution in [0.25, 0.3) is 0 Å². The Morgan fingerprint density at radius 2 is 2.20 bits per heavy atom. The van der Waals surface area contributed by atoms with Crippen molar-refractivity contribution >= 4 is 17.3 Å². The van der Waals surface area contributed by atoms with E-state index in [1.54, 1.807) is 12.3 Å². The van der Waals surface area contributed by atoms with Gasteiger partial charge in [-0.15, -0.1) is 0 Å². The number of rotatable bonds is 3. The molecule has 0 aliphatic heterocycles. The fourth-order valence-electron chi connectivity index (χ4n) is 1.09. The number of hydrogen-bond acceptors (Lipinski definition) is 2. The minimum Gasteiger partial charge on any atom is -0.255 e. The molecule has 0 bridgehead atoms. The molecule has 0 amide bonds. The van der Waals surface area contributed by atoms with Crippen LogP contribution in [-0.4, -0.2) is 10.7 Å². The van der Waals surface area contributed by atoms with Crippen LogP contribution in [0.15, 0.2) is 52.8 Å². The minimum atomic E-state index is 0.560. The first-order chi connectivity index (χ1) is 7.15. The number of hydrogen-bond donors (Lipinski definition) is 0. The second kappa shape index (κ2) is 5.47. The van der Waals surface area contributed by atoms with Gasteiger partial charge in [-0.05, 0) is 32.1 Å². The van der Waals surface area contributed by atoms with Crippen molar-refractivity contribution in [1.82, 2.24) is 4.98 Å². The van der Waals surface area contributed by atoms with Crippen LogP contribution in [0, 0.1) is 0 Å². The highest BCUT2D eigenvalue weighted by Crippen LogP contribution is 2.12. The van der Waals surface area contributed by atoms with Gasteiger partial charge in [0.25, 0.3) is 0 Å². The molecule has 1 aromatic rings. The molecule has 1 heterocycles. The summed E-state index contributed by atoms with van der Waals surface area (Å²) in [5.41, 5.74) is 2.44. The van der Waals surface area contributed by atoms with E-state index in [1.807, 2.05) is 32.0 Å². The molecule has 0 N–H and O–H groups in total. The Balaban J connectivity index is 3.00. The van der Waals surface area contributed by atoms with Crippen LogP contribution in [0.2, 0.25) is 0 Å². The normalized spacial score (nSPS) is 13.4. The maximum atomic E-state index is 5.88. The van der Waals surface area contributed by atoms with Gasteiger partial charge in [0.2, 0.25) is 0 Å². The van der Waals surface area contributed by atoms with E-state index in [0.29, 0.717) is 5.03 Å². The smallest absolute Gasteiger partial charge is 0.0841 e. The zero-order valence-electron chi connectivity index (χ0n) is 8.87. The Bertz CT molecular complexity index is 405. The minimum absolute atomic E-state index is 0.560. The lowest BCUT2D eigenvalue weighted by Gasteiger charge is -2.00. The molecule has 0 aromatic carbocycles. The molecule has 78 valence electrons. The maximum Gasteiger partial charge on any atom is 0.0841 e. The van der Waals surface area contributed by atoms with Crippen LogP contribution in [0.1, 0.15) is 19.5 Å². The Labute approximate surface area is 95.0 Å². The Morgan fingerprint density at radius 1 is 1.47 bits per heavy atom. The molecule has 15 heavy (non-hydrogen) atoms. The highest BCUT2D eigenvalue weighted by atomic mass is 35.5. The quantitative estimate of drug-likeness (QED) is 0.565. The third-order valence-electron chi connectivity index (χ3n) is 1.90. The first kappa shape index (κ1) is 11.7. The van der Waals surface area contributed by atoms with Gasteiger partial charge in [-0.25, -0.2) is 0 Å². The Hall–Kier alpha value is -1.41. The van der Waals surface area contributed by atoms with Gasteiger partial charge in [0.15, 0.2) is 0 Å².